The van der Waals surface area contributed by atoms with Gasteiger partial charge in [-0.3, -0.25) is 0 Å². The van der Waals surface area contributed by atoms with Crippen molar-refractivity contribution in [1.29, 1.82) is 0 Å². The van der Waals surface area contributed by atoms with E-state index in [0.717, 1.165) is 16.8 Å². The zero-order valence-electron chi connectivity index (χ0n) is 17.5. The number of anilines is 1. The number of nitrogens with zero attached hydrogens (tertiary/aromatic N) is 5. The minimum atomic E-state index is 0.536. The Morgan fingerprint density at radius 3 is 2.07 bits per heavy atom. The van der Waals surface area contributed by atoms with Gasteiger partial charge in [0.25, 0.3) is 0 Å². The molecule has 0 saturated carbocycles. The first kappa shape index (κ1) is 20.2. The molecule has 0 fully saturated rings. The zero-order chi connectivity index (χ0) is 21.0. The molecule has 2 aromatic carbocycles. The van der Waals surface area contributed by atoms with Gasteiger partial charge in [0.2, 0.25) is 5.75 Å². The molecular weight excluding hydrogens is 370 g/mol. The number of aromatic nitrogens is 3. The Kier molecular flexibility index (Phi) is 6.01. The number of aryl methyl sites for hydroxylation is 1. The average Bonchev–Trinajstić information content (AvgIpc) is 3.11. The Morgan fingerprint density at radius 1 is 0.931 bits per heavy atom. The van der Waals surface area contributed by atoms with Crippen molar-refractivity contribution in [3.63, 3.8) is 0 Å². The monoisotopic (exact) mass is 395 g/mol. The highest BCUT2D eigenvalue weighted by atomic mass is 16.5. The Balaban J connectivity index is 1.97. The van der Waals surface area contributed by atoms with Crippen molar-refractivity contribution in [1.82, 2.24) is 14.9 Å². The molecule has 0 aliphatic heterocycles. The summed E-state index contributed by atoms with van der Waals surface area (Å²) in [6.07, 6.45) is 1.71. The molecule has 3 rings (SSSR count). The van der Waals surface area contributed by atoms with Crippen LogP contribution >= 0.6 is 0 Å². The molecule has 0 unspecified atom stereocenters. The molecule has 0 N–H and O–H groups in total. The molecule has 0 radical (unpaired) electrons. The Labute approximate surface area is 170 Å². The van der Waals surface area contributed by atoms with Crippen LogP contribution in [0.4, 0.5) is 5.69 Å². The Bertz CT molecular complexity index is 985. The number of hydrogen-bond acceptors (Lipinski definition) is 7. The summed E-state index contributed by atoms with van der Waals surface area (Å²) < 4.78 is 17.9. The number of rotatable bonds is 7. The first-order valence-electron chi connectivity index (χ1n) is 9.02. The predicted molar refractivity (Wildman–Crippen MR) is 114 cm³/mol. The highest BCUT2D eigenvalue weighted by molar-refractivity contribution is 5.82. The summed E-state index contributed by atoms with van der Waals surface area (Å²) in [6.45, 7) is 1.86. The second-order valence-electron chi connectivity index (χ2n) is 6.53. The quantitative estimate of drug-likeness (QED) is 0.572. The van der Waals surface area contributed by atoms with Gasteiger partial charge in [-0.2, -0.15) is 9.78 Å². The summed E-state index contributed by atoms with van der Waals surface area (Å²) in [4.78, 5) is 2.04. The summed E-state index contributed by atoms with van der Waals surface area (Å²) >= 11 is 0. The van der Waals surface area contributed by atoms with Crippen molar-refractivity contribution < 1.29 is 14.2 Å². The van der Waals surface area contributed by atoms with Crippen LogP contribution in [0.25, 0.3) is 11.4 Å². The van der Waals surface area contributed by atoms with Crippen molar-refractivity contribution in [3.05, 3.63) is 47.8 Å². The van der Waals surface area contributed by atoms with E-state index in [4.69, 9.17) is 14.2 Å². The highest BCUT2D eigenvalue weighted by Gasteiger charge is 2.14. The van der Waals surface area contributed by atoms with Crippen LogP contribution in [-0.4, -0.2) is 56.5 Å². The highest BCUT2D eigenvalue weighted by Crippen LogP contribution is 2.37. The van der Waals surface area contributed by atoms with Gasteiger partial charge in [0.1, 0.15) is 0 Å². The van der Waals surface area contributed by atoms with Crippen LogP contribution in [0.1, 0.15) is 11.4 Å². The second-order valence-corrected chi connectivity index (χ2v) is 6.53. The number of hydrogen-bond donors (Lipinski definition) is 0. The second kappa shape index (κ2) is 8.64. The molecule has 0 spiro atoms. The Morgan fingerprint density at radius 2 is 1.55 bits per heavy atom. The average molecular weight is 395 g/mol. The van der Waals surface area contributed by atoms with Crippen LogP contribution in [0.5, 0.6) is 17.2 Å². The normalized spacial score (nSPS) is 11.0. The molecule has 0 saturated heterocycles. The van der Waals surface area contributed by atoms with E-state index in [-0.39, 0.29) is 0 Å². The molecule has 1 aromatic heterocycles. The van der Waals surface area contributed by atoms with E-state index in [0.29, 0.717) is 28.9 Å². The van der Waals surface area contributed by atoms with Gasteiger partial charge in [0.05, 0.1) is 27.5 Å². The fourth-order valence-corrected chi connectivity index (χ4v) is 2.88. The molecule has 152 valence electrons. The lowest BCUT2D eigenvalue weighted by Gasteiger charge is -2.13. The maximum absolute atomic E-state index is 5.40. The molecule has 0 aliphatic rings. The van der Waals surface area contributed by atoms with Gasteiger partial charge >= 0.3 is 0 Å². The maximum atomic E-state index is 5.40. The third-order valence-corrected chi connectivity index (χ3v) is 4.45. The topological polar surface area (TPSA) is 74.0 Å². The van der Waals surface area contributed by atoms with Gasteiger partial charge in [-0.05, 0) is 43.3 Å². The molecule has 3 aromatic rings. The first-order valence-corrected chi connectivity index (χ1v) is 9.02. The van der Waals surface area contributed by atoms with Crippen LogP contribution in [0.2, 0.25) is 0 Å². The van der Waals surface area contributed by atoms with Crippen LogP contribution < -0.4 is 19.1 Å². The largest absolute Gasteiger partial charge is 0.493 e. The van der Waals surface area contributed by atoms with Crippen molar-refractivity contribution in [2.45, 2.75) is 6.92 Å². The van der Waals surface area contributed by atoms with Crippen molar-refractivity contribution in [3.8, 4) is 28.6 Å². The summed E-state index contributed by atoms with van der Waals surface area (Å²) in [5.74, 6) is 3.01. The summed E-state index contributed by atoms with van der Waals surface area (Å²) in [6, 6.07) is 11.7. The van der Waals surface area contributed by atoms with Crippen LogP contribution in [-0.2, 0) is 0 Å². The SMILES string of the molecule is COc1cc(C=Nn2c(C)nnc2-c2ccc(N(C)C)cc2)cc(OC)c1OC. The van der Waals surface area contributed by atoms with Crippen LogP contribution in [0.15, 0.2) is 41.5 Å². The first-order chi connectivity index (χ1) is 14.0. The van der Waals surface area contributed by atoms with Gasteiger partial charge in [0, 0.05) is 30.9 Å². The molecular formula is C21H25N5O3. The van der Waals surface area contributed by atoms with Crippen molar-refractivity contribution in [2.24, 2.45) is 5.10 Å². The summed E-state index contributed by atoms with van der Waals surface area (Å²) in [5, 5.41) is 13.0. The number of benzene rings is 2. The lowest BCUT2D eigenvalue weighted by molar-refractivity contribution is 0.324. The molecule has 0 bridgehead atoms. The summed E-state index contributed by atoms with van der Waals surface area (Å²) in [7, 11) is 8.74. The molecule has 0 aliphatic carbocycles. The minimum absolute atomic E-state index is 0.536. The molecule has 0 atom stereocenters. The lowest BCUT2D eigenvalue weighted by atomic mass is 10.2. The molecule has 29 heavy (non-hydrogen) atoms. The zero-order valence-corrected chi connectivity index (χ0v) is 17.5. The summed E-state index contributed by atoms with van der Waals surface area (Å²) in [5.41, 5.74) is 2.83. The van der Waals surface area contributed by atoms with Crippen LogP contribution in [0.3, 0.4) is 0 Å². The van der Waals surface area contributed by atoms with E-state index in [1.54, 1.807) is 32.2 Å². The van der Waals surface area contributed by atoms with E-state index in [1.807, 2.05) is 62.3 Å². The number of methoxy groups -OCH3 is 3. The van der Waals surface area contributed by atoms with Crippen molar-refractivity contribution in [2.75, 3.05) is 40.3 Å². The molecule has 8 nitrogen and oxygen atoms in total. The standard InChI is InChI=1S/C21H25N5O3/c1-14-23-24-21(16-7-9-17(10-8-16)25(2)3)26(14)22-13-15-11-18(27-4)20(29-6)19(12-15)28-5/h7-13H,1-6H3. The van der Waals surface area contributed by atoms with E-state index in [2.05, 4.69) is 15.3 Å². The predicted octanol–water partition coefficient (Wildman–Crippen LogP) is 3.23. The van der Waals surface area contributed by atoms with Crippen LogP contribution in [0, 0.1) is 6.92 Å². The van der Waals surface area contributed by atoms with E-state index < -0.39 is 0 Å². The molecule has 8 heteroatoms. The minimum Gasteiger partial charge on any atom is -0.493 e. The fraction of sp³-hybridized carbons (Fsp3) is 0.286. The van der Waals surface area contributed by atoms with E-state index in [1.165, 1.54) is 0 Å². The van der Waals surface area contributed by atoms with E-state index >= 15 is 0 Å². The van der Waals surface area contributed by atoms with Gasteiger partial charge < -0.3 is 19.1 Å². The fourth-order valence-electron chi connectivity index (χ4n) is 2.88. The number of ether oxygens (including phenoxy) is 3. The van der Waals surface area contributed by atoms with Gasteiger partial charge in [-0.1, -0.05) is 0 Å². The smallest absolute Gasteiger partial charge is 0.203 e. The lowest BCUT2D eigenvalue weighted by Crippen LogP contribution is -2.08. The Hall–Kier alpha value is -3.55. The molecule has 0 amide bonds. The molecule has 1 heterocycles. The van der Waals surface area contributed by atoms with Crippen molar-refractivity contribution >= 4 is 11.9 Å². The maximum Gasteiger partial charge on any atom is 0.203 e. The van der Waals surface area contributed by atoms with E-state index in [9.17, 15) is 0 Å². The third-order valence-electron chi connectivity index (χ3n) is 4.45. The third kappa shape index (κ3) is 4.16. The van der Waals surface area contributed by atoms with Gasteiger partial charge in [-0.15, -0.1) is 10.2 Å². The van der Waals surface area contributed by atoms with Gasteiger partial charge in [-0.25, -0.2) is 0 Å². The van der Waals surface area contributed by atoms with Gasteiger partial charge in [0.15, 0.2) is 23.1 Å².